The Bertz CT molecular complexity index is 1170. The summed E-state index contributed by atoms with van der Waals surface area (Å²) in [6.45, 7) is 0. The first-order chi connectivity index (χ1) is 13.5. The van der Waals surface area contributed by atoms with Gasteiger partial charge in [0.2, 0.25) is 0 Å². The molecular weight excluding hydrogens is 397 g/mol. The topological polar surface area (TPSA) is 71.8 Å². The molecule has 0 atom stereocenters. The number of benzene rings is 3. The lowest BCUT2D eigenvalue weighted by molar-refractivity contribution is -0.384. The van der Waals surface area contributed by atoms with Crippen LogP contribution in [0.1, 0.15) is 0 Å². The fourth-order valence-corrected chi connectivity index (χ4v) is 3.35. The fourth-order valence-electron chi connectivity index (χ4n) is 2.97. The molecule has 7 heteroatoms. The molecule has 1 aromatic heterocycles. The normalized spacial score (nSPS) is 10.8. The van der Waals surface area contributed by atoms with Crippen LogP contribution in [-0.2, 0) is 0 Å². The Kier molecular flexibility index (Phi) is 4.86. The second kappa shape index (κ2) is 7.46. The highest BCUT2D eigenvalue weighted by molar-refractivity contribution is 6.32. The molecule has 4 rings (SSSR count). The fraction of sp³-hybridized carbons (Fsp3) is 0. The van der Waals surface area contributed by atoms with E-state index < -0.39 is 4.92 Å². The average molecular weight is 410 g/mol. The predicted octanol–water partition coefficient (Wildman–Crippen LogP) is 6.63. The van der Waals surface area contributed by atoms with Crippen molar-refractivity contribution in [3.05, 3.63) is 93.0 Å². The molecule has 1 heterocycles. The number of nitro groups is 1. The van der Waals surface area contributed by atoms with Gasteiger partial charge in [0.1, 0.15) is 10.8 Å². The monoisotopic (exact) mass is 409 g/mol. The lowest BCUT2D eigenvalue weighted by Crippen LogP contribution is -1.90. The third kappa shape index (κ3) is 3.50. The van der Waals surface area contributed by atoms with Crippen LogP contribution in [-0.4, -0.2) is 14.9 Å². The van der Waals surface area contributed by atoms with Gasteiger partial charge in [-0.15, -0.1) is 0 Å². The first kappa shape index (κ1) is 18.2. The minimum atomic E-state index is -0.509. The highest BCUT2D eigenvalue weighted by atomic mass is 35.5. The van der Waals surface area contributed by atoms with Crippen molar-refractivity contribution in [2.45, 2.75) is 0 Å². The van der Waals surface area contributed by atoms with Gasteiger partial charge in [-0.1, -0.05) is 65.7 Å². The summed E-state index contributed by atoms with van der Waals surface area (Å²) in [6, 6.07) is 21.8. The summed E-state index contributed by atoms with van der Waals surface area (Å²) in [6.07, 6.45) is 0. The maximum Gasteiger partial charge on any atom is 0.288 e. The lowest BCUT2D eigenvalue weighted by atomic mass is 10.1. The number of rotatable bonds is 4. The van der Waals surface area contributed by atoms with Crippen molar-refractivity contribution in [3.63, 3.8) is 0 Å². The Labute approximate surface area is 170 Å². The van der Waals surface area contributed by atoms with Crippen LogP contribution in [0.2, 0.25) is 10.0 Å². The molecule has 4 aromatic rings. The number of hydrogen-bond donors (Lipinski definition) is 1. The predicted molar refractivity (Wildman–Crippen MR) is 112 cm³/mol. The molecule has 5 nitrogen and oxygen atoms in total. The number of nitrogens with one attached hydrogen (secondary N) is 1. The molecule has 0 saturated carbocycles. The maximum atomic E-state index is 11.2. The Morgan fingerprint density at radius 2 is 1.61 bits per heavy atom. The number of H-pyrrole nitrogens is 1. The van der Waals surface area contributed by atoms with Crippen LogP contribution in [0.5, 0.6) is 0 Å². The molecule has 0 spiro atoms. The molecule has 0 fully saturated rings. The van der Waals surface area contributed by atoms with Gasteiger partial charge in [-0.05, 0) is 24.3 Å². The Balaban J connectivity index is 1.91. The van der Waals surface area contributed by atoms with Gasteiger partial charge >= 0.3 is 0 Å². The molecular formula is C21H13Cl2N3O2. The molecule has 28 heavy (non-hydrogen) atoms. The van der Waals surface area contributed by atoms with E-state index >= 15 is 0 Å². The average Bonchev–Trinajstić information content (AvgIpc) is 3.14. The van der Waals surface area contributed by atoms with E-state index in [0.717, 1.165) is 16.8 Å². The van der Waals surface area contributed by atoms with Crippen LogP contribution >= 0.6 is 23.2 Å². The van der Waals surface area contributed by atoms with E-state index in [2.05, 4.69) is 4.98 Å². The van der Waals surface area contributed by atoms with E-state index in [9.17, 15) is 10.1 Å². The number of aromatic nitrogens is 2. The number of nitrogens with zero attached hydrogens (tertiary/aromatic N) is 2. The first-order valence-corrected chi connectivity index (χ1v) is 9.14. The number of hydrogen-bond acceptors (Lipinski definition) is 3. The van der Waals surface area contributed by atoms with Gasteiger partial charge in [0.15, 0.2) is 0 Å². The molecule has 0 aliphatic heterocycles. The quantitative estimate of drug-likeness (QED) is 0.303. The van der Waals surface area contributed by atoms with Crippen LogP contribution in [0.15, 0.2) is 72.8 Å². The summed E-state index contributed by atoms with van der Waals surface area (Å²) in [5, 5.41) is 11.9. The largest absolute Gasteiger partial charge is 0.337 e. The third-order valence-corrected chi connectivity index (χ3v) is 4.84. The first-order valence-electron chi connectivity index (χ1n) is 8.38. The second-order valence-corrected chi connectivity index (χ2v) is 6.95. The summed E-state index contributed by atoms with van der Waals surface area (Å²) in [5.41, 5.74) is 3.71. The molecule has 0 amide bonds. The highest BCUT2D eigenvalue weighted by Gasteiger charge is 2.19. The minimum absolute atomic E-state index is 0.0821. The van der Waals surface area contributed by atoms with Crippen LogP contribution in [0.3, 0.4) is 0 Å². The smallest absolute Gasteiger partial charge is 0.288 e. The van der Waals surface area contributed by atoms with Gasteiger partial charge < -0.3 is 4.98 Å². The standard InChI is InChI=1S/C21H13Cl2N3O2/c22-16-8-4-7-14(11-16)20-19(13-5-2-1-3-6-13)24-21(25-20)15-9-10-17(23)18(12-15)26(27)28/h1-12H,(H,24,25). The van der Waals surface area contributed by atoms with Crippen LogP contribution in [0.25, 0.3) is 33.9 Å². The Hall–Kier alpha value is -3.15. The zero-order chi connectivity index (χ0) is 19.7. The van der Waals surface area contributed by atoms with E-state index in [4.69, 9.17) is 28.2 Å². The van der Waals surface area contributed by atoms with Gasteiger partial charge in [0.05, 0.1) is 16.3 Å². The van der Waals surface area contributed by atoms with E-state index in [1.54, 1.807) is 12.1 Å². The molecule has 138 valence electrons. The number of imidazole rings is 1. The van der Waals surface area contributed by atoms with Crippen LogP contribution in [0.4, 0.5) is 5.69 Å². The van der Waals surface area contributed by atoms with E-state index in [1.165, 1.54) is 12.1 Å². The number of halogens is 2. The van der Waals surface area contributed by atoms with Crippen molar-refractivity contribution in [3.8, 4) is 33.9 Å². The minimum Gasteiger partial charge on any atom is -0.337 e. The molecule has 0 bridgehead atoms. The molecule has 0 saturated heterocycles. The highest BCUT2D eigenvalue weighted by Crippen LogP contribution is 2.35. The van der Waals surface area contributed by atoms with Crippen molar-refractivity contribution < 1.29 is 4.92 Å². The van der Waals surface area contributed by atoms with Crippen molar-refractivity contribution in [2.24, 2.45) is 0 Å². The summed E-state index contributed by atoms with van der Waals surface area (Å²) in [4.78, 5) is 18.7. The second-order valence-electron chi connectivity index (χ2n) is 6.11. The van der Waals surface area contributed by atoms with Crippen LogP contribution in [0, 0.1) is 10.1 Å². The zero-order valence-electron chi connectivity index (χ0n) is 14.4. The van der Waals surface area contributed by atoms with E-state index in [0.29, 0.717) is 22.1 Å². The van der Waals surface area contributed by atoms with Crippen molar-refractivity contribution >= 4 is 28.9 Å². The maximum absolute atomic E-state index is 11.2. The van der Waals surface area contributed by atoms with Gasteiger partial charge in [0.25, 0.3) is 5.69 Å². The van der Waals surface area contributed by atoms with Crippen molar-refractivity contribution in [1.82, 2.24) is 9.97 Å². The SMILES string of the molecule is O=[N+]([O-])c1cc(-c2nc(-c3cccc(Cl)c3)c(-c3ccccc3)[nH]2)ccc1Cl. The molecule has 0 aliphatic carbocycles. The van der Waals surface area contributed by atoms with Gasteiger partial charge in [-0.25, -0.2) is 4.98 Å². The van der Waals surface area contributed by atoms with Crippen LogP contribution < -0.4 is 0 Å². The lowest BCUT2D eigenvalue weighted by Gasteiger charge is -2.03. The van der Waals surface area contributed by atoms with Gasteiger partial charge in [-0.2, -0.15) is 0 Å². The van der Waals surface area contributed by atoms with E-state index in [1.807, 2.05) is 48.5 Å². The zero-order valence-corrected chi connectivity index (χ0v) is 15.9. The van der Waals surface area contributed by atoms with Gasteiger partial charge in [-0.3, -0.25) is 10.1 Å². The summed E-state index contributed by atoms with van der Waals surface area (Å²) < 4.78 is 0. The van der Waals surface area contributed by atoms with Crippen molar-refractivity contribution in [1.29, 1.82) is 0 Å². The molecule has 1 N–H and O–H groups in total. The summed E-state index contributed by atoms with van der Waals surface area (Å²) in [5.74, 6) is 0.508. The number of aromatic amines is 1. The molecule has 3 aromatic carbocycles. The summed E-state index contributed by atoms with van der Waals surface area (Å²) >= 11 is 12.1. The van der Waals surface area contributed by atoms with E-state index in [-0.39, 0.29) is 10.7 Å². The van der Waals surface area contributed by atoms with Gasteiger partial charge in [0, 0.05) is 27.8 Å². The van der Waals surface area contributed by atoms with Crippen molar-refractivity contribution in [2.75, 3.05) is 0 Å². The molecule has 0 aliphatic rings. The summed E-state index contributed by atoms with van der Waals surface area (Å²) in [7, 11) is 0. The molecule has 0 radical (unpaired) electrons. The molecule has 0 unspecified atom stereocenters. The third-order valence-electron chi connectivity index (χ3n) is 4.28. The number of nitro benzene ring substituents is 1. The Morgan fingerprint density at radius 3 is 2.32 bits per heavy atom. The Morgan fingerprint density at radius 1 is 0.857 bits per heavy atom.